The number of fused-ring (bicyclic) bond motifs is 3. The summed E-state index contributed by atoms with van der Waals surface area (Å²) in [5, 5.41) is 5.48. The average molecular weight is 340 g/mol. The van der Waals surface area contributed by atoms with Crippen molar-refractivity contribution in [1.82, 2.24) is 19.6 Å². The van der Waals surface area contributed by atoms with Gasteiger partial charge in [0.15, 0.2) is 11.3 Å². The van der Waals surface area contributed by atoms with Gasteiger partial charge in [-0.15, -0.1) is 5.10 Å². The van der Waals surface area contributed by atoms with Crippen LogP contribution in [-0.4, -0.2) is 19.6 Å². The highest BCUT2D eigenvalue weighted by Crippen LogP contribution is 2.29. The normalized spacial score (nSPS) is 11.3. The Labute approximate surface area is 148 Å². The Bertz CT molecular complexity index is 1230. The van der Waals surface area contributed by atoms with E-state index in [9.17, 15) is 4.39 Å². The molecule has 0 unspecified atom stereocenters. The molecule has 2 aromatic carbocycles. The summed E-state index contributed by atoms with van der Waals surface area (Å²) in [5.74, 6) is -0.269. The molecular formula is C21H13FN4. The van der Waals surface area contributed by atoms with Crippen molar-refractivity contribution in [2.24, 2.45) is 0 Å². The number of hydrogen-bond acceptors (Lipinski definition) is 3. The van der Waals surface area contributed by atoms with Gasteiger partial charge >= 0.3 is 0 Å². The van der Waals surface area contributed by atoms with Gasteiger partial charge in [0.2, 0.25) is 0 Å². The Morgan fingerprint density at radius 2 is 1.62 bits per heavy atom. The molecule has 0 fully saturated rings. The van der Waals surface area contributed by atoms with Crippen LogP contribution in [0.5, 0.6) is 0 Å². The summed E-state index contributed by atoms with van der Waals surface area (Å²) < 4.78 is 15.2. The molecule has 124 valence electrons. The average Bonchev–Trinajstić information content (AvgIpc) is 3.07. The summed E-state index contributed by atoms with van der Waals surface area (Å²) in [4.78, 5) is 9.16. The van der Waals surface area contributed by atoms with E-state index < -0.39 is 0 Å². The molecule has 5 heteroatoms. The van der Waals surface area contributed by atoms with Crippen molar-refractivity contribution in [3.63, 3.8) is 0 Å². The van der Waals surface area contributed by atoms with E-state index in [1.807, 2.05) is 48.5 Å². The number of pyridine rings is 1. The van der Waals surface area contributed by atoms with Crippen molar-refractivity contribution >= 4 is 16.7 Å². The van der Waals surface area contributed by atoms with E-state index >= 15 is 0 Å². The standard InChI is InChI=1S/C21H13FN4/c22-16-10-8-15(9-11-16)19-13-18(14-5-2-1-3-6-14)24-21-17-7-4-12-23-20(17)25-26(19)21/h1-13H. The van der Waals surface area contributed by atoms with Gasteiger partial charge in [-0.2, -0.15) is 0 Å². The molecule has 0 radical (unpaired) electrons. The van der Waals surface area contributed by atoms with Gasteiger partial charge < -0.3 is 0 Å². The fraction of sp³-hybridized carbons (Fsp3) is 0. The minimum atomic E-state index is -0.269. The van der Waals surface area contributed by atoms with E-state index in [-0.39, 0.29) is 5.82 Å². The molecule has 0 aliphatic carbocycles. The van der Waals surface area contributed by atoms with Gasteiger partial charge in [0.05, 0.1) is 16.8 Å². The first-order valence-corrected chi connectivity index (χ1v) is 8.25. The highest BCUT2D eigenvalue weighted by Gasteiger charge is 2.14. The second kappa shape index (κ2) is 5.74. The molecule has 0 amide bonds. The second-order valence-electron chi connectivity index (χ2n) is 6.01. The SMILES string of the molecule is Fc1ccc(-c2cc(-c3ccccc3)nc3c4cccnc4nn23)cc1. The molecule has 0 saturated heterocycles. The summed E-state index contributed by atoms with van der Waals surface area (Å²) >= 11 is 0. The molecule has 26 heavy (non-hydrogen) atoms. The van der Waals surface area contributed by atoms with Crippen LogP contribution in [0, 0.1) is 5.82 Å². The van der Waals surface area contributed by atoms with E-state index in [1.165, 1.54) is 12.1 Å². The van der Waals surface area contributed by atoms with Crippen LogP contribution in [0.2, 0.25) is 0 Å². The number of aromatic nitrogens is 4. The zero-order valence-electron chi connectivity index (χ0n) is 13.7. The molecule has 0 aliphatic rings. The lowest BCUT2D eigenvalue weighted by molar-refractivity contribution is 0.628. The molecular weight excluding hydrogens is 327 g/mol. The third kappa shape index (κ3) is 2.33. The lowest BCUT2D eigenvalue weighted by Crippen LogP contribution is -1.98. The lowest BCUT2D eigenvalue weighted by atomic mass is 10.1. The topological polar surface area (TPSA) is 43.1 Å². The largest absolute Gasteiger partial charge is 0.235 e. The van der Waals surface area contributed by atoms with E-state index in [0.717, 1.165) is 33.5 Å². The Morgan fingerprint density at radius 1 is 0.808 bits per heavy atom. The number of nitrogens with zero attached hydrogens (tertiary/aromatic N) is 4. The van der Waals surface area contributed by atoms with E-state index in [0.29, 0.717) is 5.65 Å². The van der Waals surface area contributed by atoms with Crippen LogP contribution >= 0.6 is 0 Å². The van der Waals surface area contributed by atoms with Gasteiger partial charge in [-0.25, -0.2) is 18.9 Å². The van der Waals surface area contributed by atoms with Crippen LogP contribution in [0.4, 0.5) is 4.39 Å². The molecule has 0 saturated carbocycles. The maximum Gasteiger partial charge on any atom is 0.183 e. The van der Waals surface area contributed by atoms with Crippen LogP contribution < -0.4 is 0 Å². The summed E-state index contributed by atoms with van der Waals surface area (Å²) in [7, 11) is 0. The van der Waals surface area contributed by atoms with Gasteiger partial charge in [0, 0.05) is 17.3 Å². The smallest absolute Gasteiger partial charge is 0.183 e. The van der Waals surface area contributed by atoms with Gasteiger partial charge in [0.25, 0.3) is 0 Å². The van der Waals surface area contributed by atoms with Crippen LogP contribution in [0.1, 0.15) is 0 Å². The maximum atomic E-state index is 13.4. The number of halogens is 1. The van der Waals surface area contributed by atoms with Crippen LogP contribution in [0.3, 0.4) is 0 Å². The van der Waals surface area contributed by atoms with E-state index in [4.69, 9.17) is 4.98 Å². The van der Waals surface area contributed by atoms with Crippen molar-refractivity contribution in [2.45, 2.75) is 0 Å². The highest BCUT2D eigenvalue weighted by atomic mass is 19.1. The first-order chi connectivity index (χ1) is 12.8. The first kappa shape index (κ1) is 14.7. The minimum absolute atomic E-state index is 0.269. The van der Waals surface area contributed by atoms with Crippen LogP contribution in [-0.2, 0) is 0 Å². The Hall–Kier alpha value is -3.60. The third-order valence-corrected chi connectivity index (χ3v) is 4.36. The first-order valence-electron chi connectivity index (χ1n) is 8.25. The monoisotopic (exact) mass is 340 g/mol. The number of hydrogen-bond donors (Lipinski definition) is 0. The van der Waals surface area contributed by atoms with Gasteiger partial charge in [-0.3, -0.25) is 0 Å². The van der Waals surface area contributed by atoms with Crippen molar-refractivity contribution < 1.29 is 4.39 Å². The highest BCUT2D eigenvalue weighted by molar-refractivity contribution is 5.91. The summed E-state index contributed by atoms with van der Waals surface area (Å²) in [6.45, 7) is 0. The molecule has 0 spiro atoms. The fourth-order valence-electron chi connectivity index (χ4n) is 3.10. The molecule has 0 atom stereocenters. The number of benzene rings is 2. The van der Waals surface area contributed by atoms with Crippen molar-refractivity contribution in [1.29, 1.82) is 0 Å². The van der Waals surface area contributed by atoms with Crippen molar-refractivity contribution in [3.05, 3.63) is 84.8 Å². The third-order valence-electron chi connectivity index (χ3n) is 4.36. The predicted octanol–water partition coefficient (Wildman–Crippen LogP) is 4.75. The molecule has 0 aliphatic heterocycles. The molecule has 3 aromatic heterocycles. The summed E-state index contributed by atoms with van der Waals surface area (Å²) in [5.41, 5.74) is 4.91. The second-order valence-corrected chi connectivity index (χ2v) is 6.01. The van der Waals surface area contributed by atoms with Gasteiger partial charge in [-0.05, 0) is 42.5 Å². The Morgan fingerprint density at radius 3 is 2.42 bits per heavy atom. The van der Waals surface area contributed by atoms with Crippen molar-refractivity contribution in [3.8, 4) is 22.5 Å². The molecule has 0 N–H and O–H groups in total. The van der Waals surface area contributed by atoms with E-state index in [2.05, 4.69) is 10.1 Å². The zero-order chi connectivity index (χ0) is 17.5. The maximum absolute atomic E-state index is 13.4. The predicted molar refractivity (Wildman–Crippen MR) is 99.1 cm³/mol. The summed E-state index contributed by atoms with van der Waals surface area (Å²) in [6.07, 6.45) is 1.71. The fourth-order valence-corrected chi connectivity index (χ4v) is 3.10. The number of rotatable bonds is 2. The molecule has 0 bridgehead atoms. The van der Waals surface area contributed by atoms with Gasteiger partial charge in [0.1, 0.15) is 5.82 Å². The Balaban J connectivity index is 1.88. The van der Waals surface area contributed by atoms with E-state index in [1.54, 1.807) is 22.8 Å². The van der Waals surface area contributed by atoms with Crippen LogP contribution in [0.25, 0.3) is 39.2 Å². The van der Waals surface area contributed by atoms with Gasteiger partial charge in [-0.1, -0.05) is 30.3 Å². The Kier molecular flexibility index (Phi) is 3.25. The quantitative estimate of drug-likeness (QED) is 0.466. The minimum Gasteiger partial charge on any atom is -0.235 e. The lowest BCUT2D eigenvalue weighted by Gasteiger charge is -2.08. The van der Waals surface area contributed by atoms with Crippen molar-refractivity contribution in [2.75, 3.05) is 0 Å². The molecule has 5 rings (SSSR count). The summed E-state index contributed by atoms with van der Waals surface area (Å²) in [6, 6.07) is 22.2. The zero-order valence-corrected chi connectivity index (χ0v) is 13.7. The molecule has 4 nitrogen and oxygen atoms in total. The molecule has 3 heterocycles. The van der Waals surface area contributed by atoms with Crippen LogP contribution in [0.15, 0.2) is 79.0 Å². The molecule has 5 aromatic rings.